The first-order chi connectivity index (χ1) is 16.4. The summed E-state index contributed by atoms with van der Waals surface area (Å²) in [6.07, 6.45) is 11.7. The van der Waals surface area contributed by atoms with Crippen LogP contribution >= 0.6 is 0 Å². The molecule has 1 aromatic heterocycles. The second-order valence-corrected chi connectivity index (χ2v) is 13.9. The van der Waals surface area contributed by atoms with E-state index in [1.807, 2.05) is 6.07 Å². The average molecular weight is 613 g/mol. The third kappa shape index (κ3) is 9.28. The van der Waals surface area contributed by atoms with Crippen molar-refractivity contribution >= 4 is 30.3 Å². The van der Waals surface area contributed by atoms with Gasteiger partial charge in [0.25, 0.3) is 0 Å². The molecule has 4 aromatic rings. The van der Waals surface area contributed by atoms with Crippen LogP contribution < -0.4 is 24.8 Å². The van der Waals surface area contributed by atoms with Crippen LogP contribution in [0.4, 0.5) is 0 Å². The molecule has 5 rings (SSSR count). The molecular formula is C33H38Cl2OZr-2. The van der Waals surface area contributed by atoms with Crippen molar-refractivity contribution in [3.8, 4) is 0 Å². The minimum absolute atomic E-state index is 0. The van der Waals surface area contributed by atoms with Gasteiger partial charge in [0.2, 0.25) is 0 Å². The molecule has 0 unspecified atom stereocenters. The molecule has 196 valence electrons. The summed E-state index contributed by atoms with van der Waals surface area (Å²) in [5.41, 5.74) is 5.47. The van der Waals surface area contributed by atoms with Crippen LogP contribution in [0.1, 0.15) is 78.5 Å². The summed E-state index contributed by atoms with van der Waals surface area (Å²) in [5.74, 6) is 0. The van der Waals surface area contributed by atoms with Crippen molar-refractivity contribution in [1.29, 1.82) is 0 Å². The van der Waals surface area contributed by atoms with E-state index in [-0.39, 0.29) is 35.6 Å². The Morgan fingerprint density at radius 3 is 1.68 bits per heavy atom. The van der Waals surface area contributed by atoms with Crippen LogP contribution in [0.25, 0.3) is 27.1 Å². The molecule has 0 atom stereocenters. The van der Waals surface area contributed by atoms with Gasteiger partial charge in [-0.2, -0.15) is 17.7 Å². The quantitative estimate of drug-likeness (QED) is 0.300. The Balaban J connectivity index is 0.000000358. The average Bonchev–Trinajstić information content (AvgIpc) is 3.51. The van der Waals surface area contributed by atoms with Crippen molar-refractivity contribution in [2.75, 3.05) is 0 Å². The van der Waals surface area contributed by atoms with Gasteiger partial charge >= 0.3 is 41.3 Å². The van der Waals surface area contributed by atoms with Crippen LogP contribution in [0.3, 0.4) is 0 Å². The molecule has 37 heavy (non-hydrogen) atoms. The molecule has 1 heterocycles. The van der Waals surface area contributed by atoms with E-state index in [4.69, 9.17) is 4.42 Å². The molecule has 1 aliphatic rings. The predicted molar refractivity (Wildman–Crippen MR) is 150 cm³/mol. The first-order valence-electron chi connectivity index (χ1n) is 12.3. The normalized spacial score (nSPS) is 12.5. The second kappa shape index (κ2) is 14.0. The summed E-state index contributed by atoms with van der Waals surface area (Å²) in [6, 6.07) is 18.1. The number of hydrogen-bond donors (Lipinski definition) is 0. The maximum Gasteiger partial charge on any atom is 0.0771 e. The Labute approximate surface area is 250 Å². The van der Waals surface area contributed by atoms with Gasteiger partial charge in [0.05, 0.1) is 6.26 Å². The summed E-state index contributed by atoms with van der Waals surface area (Å²) in [6.45, 7) is 17.9. The van der Waals surface area contributed by atoms with Gasteiger partial charge in [-0.25, -0.2) is 0 Å². The SMILES string of the molecule is CC(C)(C)c1ccc2[cH-]c3ccc(C(C)(C)C)cc3c2c1.C[C](C)=[Zr+2].[C-]1=C(c2ccoc2)C=CC1.[Cl-].[Cl-]. The van der Waals surface area contributed by atoms with Crippen LogP contribution in [-0.2, 0) is 35.1 Å². The molecule has 1 nitrogen and oxygen atoms in total. The largest absolute Gasteiger partial charge is 1.00 e. The molecule has 0 bridgehead atoms. The topological polar surface area (TPSA) is 13.1 Å². The molecule has 4 heteroatoms. The van der Waals surface area contributed by atoms with Gasteiger partial charge in [-0.3, -0.25) is 0 Å². The molecule has 0 saturated heterocycles. The van der Waals surface area contributed by atoms with Gasteiger partial charge < -0.3 is 29.2 Å². The molecule has 0 fully saturated rings. The van der Waals surface area contributed by atoms with E-state index < -0.39 is 0 Å². The second-order valence-electron chi connectivity index (χ2n) is 11.5. The van der Waals surface area contributed by atoms with E-state index in [1.54, 1.807) is 36.8 Å². The molecule has 1 aliphatic carbocycles. The van der Waals surface area contributed by atoms with Crippen LogP contribution in [-0.4, -0.2) is 3.21 Å². The van der Waals surface area contributed by atoms with Gasteiger partial charge in [-0.15, -0.1) is 45.8 Å². The summed E-state index contributed by atoms with van der Waals surface area (Å²) in [7, 11) is 0. The van der Waals surface area contributed by atoms with Crippen LogP contribution in [0.5, 0.6) is 0 Å². The molecule has 0 saturated carbocycles. The monoisotopic (exact) mass is 610 g/mol. The van der Waals surface area contributed by atoms with Gasteiger partial charge in [0.15, 0.2) is 0 Å². The van der Waals surface area contributed by atoms with E-state index in [9.17, 15) is 0 Å². The van der Waals surface area contributed by atoms with Crippen LogP contribution in [0.2, 0.25) is 0 Å². The van der Waals surface area contributed by atoms with Crippen molar-refractivity contribution in [3.63, 3.8) is 0 Å². The molecule has 0 spiro atoms. The summed E-state index contributed by atoms with van der Waals surface area (Å²) >= 11 is 1.55. The van der Waals surface area contributed by atoms with Crippen LogP contribution in [0, 0.1) is 6.08 Å². The molecular weight excluding hydrogens is 574 g/mol. The molecule has 0 N–H and O–H groups in total. The Morgan fingerprint density at radius 1 is 0.838 bits per heavy atom. The number of rotatable bonds is 1. The Bertz CT molecular complexity index is 1290. The number of fused-ring (bicyclic) bond motifs is 3. The standard InChI is InChI=1S/C21H25.C9H7O.C3H6.2ClH.Zr/c1-20(2,3)16-9-7-14-11-15-8-10-17(21(4,5)6)13-19(15)18(14)12-16;1-2-4-8(3-1)9-5-6-10-7-9;1-3-2;;;/h7-13H,1-6H3;1,3,5-7H,2H2;1-2H3;2*1H;/q2*-1;;;;+2/p-2. The number of furan rings is 1. The molecule has 0 aliphatic heterocycles. The Morgan fingerprint density at radius 2 is 1.32 bits per heavy atom. The first-order valence-corrected chi connectivity index (χ1v) is 13.5. The van der Waals surface area contributed by atoms with Gasteiger partial charge in [0, 0.05) is 6.26 Å². The van der Waals surface area contributed by atoms with Crippen molar-refractivity contribution in [3.05, 3.63) is 96.0 Å². The van der Waals surface area contributed by atoms with E-state index >= 15 is 0 Å². The first kappa shape index (κ1) is 33.4. The van der Waals surface area contributed by atoms with Gasteiger partial charge in [-0.05, 0) is 10.8 Å². The number of allylic oxidation sites excluding steroid dienone is 4. The van der Waals surface area contributed by atoms with E-state index in [0.29, 0.717) is 0 Å². The fourth-order valence-electron chi connectivity index (χ4n) is 3.95. The Kier molecular flexibility index (Phi) is 12.6. The minimum Gasteiger partial charge on any atom is -1.00 e. The summed E-state index contributed by atoms with van der Waals surface area (Å²) < 4.78 is 6.44. The minimum atomic E-state index is 0. The summed E-state index contributed by atoms with van der Waals surface area (Å²) in [4.78, 5) is 0. The molecule has 3 aromatic carbocycles. The fourth-order valence-corrected chi connectivity index (χ4v) is 3.95. The number of halogens is 2. The van der Waals surface area contributed by atoms with Gasteiger partial charge in [-0.1, -0.05) is 95.0 Å². The van der Waals surface area contributed by atoms with E-state index in [1.165, 1.54) is 35.9 Å². The van der Waals surface area contributed by atoms with Gasteiger partial charge in [0.1, 0.15) is 0 Å². The van der Waals surface area contributed by atoms with Crippen molar-refractivity contribution in [2.45, 2.75) is 72.6 Å². The van der Waals surface area contributed by atoms with Crippen molar-refractivity contribution < 1.29 is 53.5 Å². The third-order valence-electron chi connectivity index (χ3n) is 5.97. The third-order valence-corrected chi connectivity index (χ3v) is 5.97. The summed E-state index contributed by atoms with van der Waals surface area (Å²) in [5, 5.41) is 5.49. The smallest absolute Gasteiger partial charge is 0.0771 e. The zero-order valence-electron chi connectivity index (χ0n) is 23.3. The van der Waals surface area contributed by atoms with E-state index in [0.717, 1.165) is 17.6 Å². The maximum absolute atomic E-state index is 4.93. The predicted octanol–water partition coefficient (Wildman–Crippen LogP) is 3.49. The maximum atomic E-state index is 4.93. The molecule has 0 radical (unpaired) electrons. The zero-order chi connectivity index (χ0) is 25.8. The Hall–Kier alpha value is -1.60. The van der Waals surface area contributed by atoms with E-state index in [2.05, 4.69) is 116 Å². The van der Waals surface area contributed by atoms with Crippen molar-refractivity contribution in [1.82, 2.24) is 0 Å². The fraction of sp³-hybridized carbons (Fsp3) is 0.333. The van der Waals surface area contributed by atoms with Crippen LogP contribution in [0.15, 0.2) is 77.6 Å². The molecule has 0 amide bonds. The van der Waals surface area contributed by atoms with Crippen molar-refractivity contribution in [2.24, 2.45) is 0 Å². The zero-order valence-corrected chi connectivity index (χ0v) is 27.3. The number of benzene rings is 2. The number of hydrogen-bond acceptors (Lipinski definition) is 1.